The number of carbonyl (C=O) groups excluding carboxylic acids is 1. The highest BCUT2D eigenvalue weighted by molar-refractivity contribution is 6.22. The van der Waals surface area contributed by atoms with E-state index < -0.39 is 47.6 Å². The van der Waals surface area contributed by atoms with E-state index in [-0.39, 0.29) is 5.56 Å². The van der Waals surface area contributed by atoms with Crippen LogP contribution in [0.4, 0.5) is 30.7 Å². The third-order valence-electron chi connectivity index (χ3n) is 4.24. The third-order valence-corrected chi connectivity index (χ3v) is 4.48. The van der Waals surface area contributed by atoms with Crippen molar-refractivity contribution in [3.05, 3.63) is 35.9 Å². The van der Waals surface area contributed by atoms with Crippen molar-refractivity contribution in [3.8, 4) is 0 Å². The maximum absolute atomic E-state index is 15.4. The average Bonchev–Trinajstić information content (AvgIpc) is 2.86. The van der Waals surface area contributed by atoms with Crippen LogP contribution < -0.4 is 0 Å². The lowest BCUT2D eigenvalue weighted by molar-refractivity contribution is -0.400. The van der Waals surface area contributed by atoms with Crippen LogP contribution >= 0.6 is 11.6 Å². The Hall–Kier alpha value is -1.59. The van der Waals surface area contributed by atoms with E-state index in [1.165, 1.54) is 37.3 Å². The van der Waals surface area contributed by atoms with E-state index in [2.05, 4.69) is 21.2 Å². The Morgan fingerprint density at radius 2 is 1.75 bits per heavy atom. The smallest absolute Gasteiger partial charge is 0.392 e. The summed E-state index contributed by atoms with van der Waals surface area (Å²) >= 11 is 4.11. The second-order valence-electron chi connectivity index (χ2n) is 6.01. The van der Waals surface area contributed by atoms with Crippen molar-refractivity contribution < 1.29 is 45.1 Å². The molecule has 0 amide bonds. The van der Waals surface area contributed by atoms with Gasteiger partial charge in [0.2, 0.25) is 0 Å². The quantitative estimate of drug-likeness (QED) is 0.372. The van der Waals surface area contributed by atoms with Gasteiger partial charge in [0, 0.05) is 7.05 Å². The zero-order chi connectivity index (χ0) is 21.5. The predicted molar refractivity (Wildman–Crippen MR) is 82.7 cm³/mol. The molecule has 0 spiro atoms. The summed E-state index contributed by atoms with van der Waals surface area (Å²) in [6, 6.07) is 5.23. The number of hydroxylamine groups is 2. The fourth-order valence-corrected chi connectivity index (χ4v) is 3.06. The molecule has 1 heterocycles. The van der Waals surface area contributed by atoms with Gasteiger partial charge >= 0.3 is 29.1 Å². The van der Waals surface area contributed by atoms with Crippen molar-refractivity contribution in [2.24, 2.45) is 5.92 Å². The molecule has 2 rings (SSSR count). The minimum Gasteiger partial charge on any atom is -0.466 e. The molecule has 1 aromatic rings. The highest BCUT2D eigenvalue weighted by Gasteiger charge is 2.85. The molecule has 1 aromatic carbocycles. The van der Waals surface area contributed by atoms with Gasteiger partial charge in [0.05, 0.1) is 12.6 Å². The molecule has 0 bridgehead atoms. The molecule has 1 fully saturated rings. The first-order valence-corrected chi connectivity index (χ1v) is 8.25. The molecule has 0 saturated carbocycles. The van der Waals surface area contributed by atoms with Gasteiger partial charge in [-0.3, -0.25) is 9.63 Å². The number of rotatable bonds is 6. The topological polar surface area (TPSA) is 38.8 Å². The van der Waals surface area contributed by atoms with Crippen LogP contribution in [0.3, 0.4) is 0 Å². The first-order valence-electron chi connectivity index (χ1n) is 7.87. The maximum Gasteiger partial charge on any atom is 0.392 e. The molecule has 0 unspecified atom stereocenters. The summed E-state index contributed by atoms with van der Waals surface area (Å²) in [6.07, 6.45) is 0. The van der Waals surface area contributed by atoms with Crippen molar-refractivity contribution in [3.63, 3.8) is 0 Å². The SMILES string of the molecule is CCOC(=O)[C@@H]1[C@@H](c2ccccc2)N(C)O[C@@]1(F)C(F)(F)C(F)(F)C(F)(F)Cl. The molecular weight excluding hydrogens is 423 g/mol. The zero-order valence-corrected chi connectivity index (χ0v) is 15.2. The van der Waals surface area contributed by atoms with Crippen LogP contribution in [0.5, 0.6) is 0 Å². The Morgan fingerprint density at radius 1 is 1.21 bits per heavy atom. The summed E-state index contributed by atoms with van der Waals surface area (Å²) in [4.78, 5) is 16.5. The number of nitrogens with zero attached hydrogens (tertiary/aromatic N) is 1. The van der Waals surface area contributed by atoms with E-state index in [4.69, 9.17) is 0 Å². The molecule has 0 aliphatic carbocycles. The van der Waals surface area contributed by atoms with Gasteiger partial charge in [0.15, 0.2) is 0 Å². The zero-order valence-electron chi connectivity index (χ0n) is 14.4. The minimum absolute atomic E-state index is 0.0272. The Balaban J connectivity index is 2.65. The number of esters is 1. The highest BCUT2D eigenvalue weighted by Crippen LogP contribution is 2.60. The normalized spacial score (nSPS) is 27.1. The molecule has 1 saturated heterocycles. The molecule has 0 N–H and O–H groups in total. The van der Waals surface area contributed by atoms with Crippen LogP contribution in [-0.2, 0) is 14.4 Å². The van der Waals surface area contributed by atoms with Gasteiger partial charge in [-0.1, -0.05) is 30.3 Å². The van der Waals surface area contributed by atoms with E-state index in [0.29, 0.717) is 5.06 Å². The van der Waals surface area contributed by atoms with Crippen LogP contribution in [0.2, 0.25) is 0 Å². The van der Waals surface area contributed by atoms with Crippen LogP contribution in [0.1, 0.15) is 18.5 Å². The van der Waals surface area contributed by atoms with E-state index in [9.17, 15) is 31.1 Å². The molecule has 0 radical (unpaired) electrons. The van der Waals surface area contributed by atoms with Gasteiger partial charge < -0.3 is 4.74 Å². The lowest BCUT2D eigenvalue weighted by Crippen LogP contribution is -2.65. The molecule has 1 aliphatic heterocycles. The molecule has 1 aliphatic rings. The summed E-state index contributed by atoms with van der Waals surface area (Å²) in [6.45, 7) is 0.846. The number of benzene rings is 1. The van der Waals surface area contributed by atoms with Gasteiger partial charge in [-0.25, -0.2) is 4.39 Å². The summed E-state index contributed by atoms with van der Waals surface area (Å²) in [7, 11) is 0.887. The van der Waals surface area contributed by atoms with Crippen molar-refractivity contribution in [1.29, 1.82) is 0 Å². The summed E-state index contributed by atoms with van der Waals surface area (Å²) < 4.78 is 102. The molecular formula is C16H15ClF7NO3. The molecule has 4 nitrogen and oxygen atoms in total. The molecule has 0 aromatic heterocycles. The van der Waals surface area contributed by atoms with Gasteiger partial charge in [0.25, 0.3) is 0 Å². The van der Waals surface area contributed by atoms with Gasteiger partial charge in [-0.05, 0) is 24.1 Å². The third kappa shape index (κ3) is 3.33. The van der Waals surface area contributed by atoms with Crippen LogP contribution in [0.25, 0.3) is 0 Å². The first-order chi connectivity index (χ1) is 12.7. The Morgan fingerprint density at radius 3 is 2.21 bits per heavy atom. The van der Waals surface area contributed by atoms with E-state index in [1.54, 1.807) is 0 Å². The number of alkyl halides is 8. The highest BCUT2D eigenvalue weighted by atomic mass is 35.5. The summed E-state index contributed by atoms with van der Waals surface area (Å²) in [5.41, 5.74) is 0.0272. The number of carbonyl (C=O) groups is 1. The van der Waals surface area contributed by atoms with E-state index in [1.807, 2.05) is 0 Å². The summed E-state index contributed by atoms with van der Waals surface area (Å²) in [5.74, 6) is -21.9. The monoisotopic (exact) mass is 437 g/mol. The predicted octanol–water partition coefficient (Wildman–Crippen LogP) is 4.55. The lowest BCUT2D eigenvalue weighted by atomic mass is 9.83. The number of hydrogen-bond acceptors (Lipinski definition) is 4. The number of ether oxygens (including phenoxy) is 1. The van der Waals surface area contributed by atoms with E-state index >= 15 is 4.39 Å². The summed E-state index contributed by atoms with van der Waals surface area (Å²) in [5, 5.41) is -5.45. The van der Waals surface area contributed by atoms with Crippen molar-refractivity contribution in [2.75, 3.05) is 13.7 Å². The van der Waals surface area contributed by atoms with Gasteiger partial charge in [0.1, 0.15) is 5.92 Å². The van der Waals surface area contributed by atoms with E-state index in [0.717, 1.165) is 7.05 Å². The van der Waals surface area contributed by atoms with Crippen molar-refractivity contribution >= 4 is 17.6 Å². The van der Waals surface area contributed by atoms with Crippen LogP contribution in [0, 0.1) is 5.92 Å². The standard InChI is InChI=1S/C16H15ClF7NO3/c1-3-27-12(26)10-11(9-7-5-4-6-8-9)25(2)28-13(10,18)14(19,20)15(21,22)16(17,23)24/h4-8,10-11H,3H2,1-2H3/t10-,11+,13+/m0/s1. The Bertz CT molecular complexity index is 716. The molecule has 3 atom stereocenters. The lowest BCUT2D eigenvalue weighted by Gasteiger charge is -2.37. The first kappa shape index (κ1) is 22.7. The van der Waals surface area contributed by atoms with Gasteiger partial charge in [-0.15, -0.1) is 0 Å². The fourth-order valence-electron chi connectivity index (χ4n) is 2.95. The minimum atomic E-state index is -6.40. The van der Waals surface area contributed by atoms with Crippen molar-refractivity contribution in [1.82, 2.24) is 5.06 Å². The average molecular weight is 438 g/mol. The maximum atomic E-state index is 15.4. The number of hydrogen-bond donors (Lipinski definition) is 0. The van der Waals surface area contributed by atoms with Gasteiger partial charge in [-0.2, -0.15) is 31.4 Å². The van der Waals surface area contributed by atoms with Crippen LogP contribution in [-0.4, -0.2) is 47.8 Å². The fraction of sp³-hybridized carbons (Fsp3) is 0.562. The van der Waals surface area contributed by atoms with Crippen LogP contribution in [0.15, 0.2) is 30.3 Å². The molecule has 158 valence electrons. The Labute approximate surface area is 160 Å². The second-order valence-corrected chi connectivity index (χ2v) is 6.49. The Kier molecular flexibility index (Phi) is 5.95. The number of halogens is 8. The van der Waals surface area contributed by atoms with Crippen molar-refractivity contribution in [2.45, 2.75) is 36.0 Å². The largest absolute Gasteiger partial charge is 0.466 e. The molecule has 28 heavy (non-hydrogen) atoms. The molecule has 12 heteroatoms. The second kappa shape index (κ2) is 7.34.